The van der Waals surface area contributed by atoms with Crippen molar-refractivity contribution >= 4 is 32.6 Å². The minimum absolute atomic E-state index is 0.862. The first kappa shape index (κ1) is 31.5. The van der Waals surface area contributed by atoms with Crippen LogP contribution in [0.2, 0.25) is 0 Å². The summed E-state index contributed by atoms with van der Waals surface area (Å²) >= 11 is 0. The van der Waals surface area contributed by atoms with Gasteiger partial charge >= 0.3 is 0 Å². The van der Waals surface area contributed by atoms with Gasteiger partial charge in [-0.2, -0.15) is 0 Å². The van der Waals surface area contributed by atoms with Gasteiger partial charge in [0.15, 0.2) is 0 Å². The third kappa shape index (κ3) is 5.32. The van der Waals surface area contributed by atoms with Gasteiger partial charge in [-0.3, -0.25) is 9.97 Å². The maximum atomic E-state index is 5.45. The smallest absolute Gasteiger partial charge is 0.0975 e. The lowest BCUT2D eigenvalue weighted by Crippen LogP contribution is -2.00. The number of rotatable bonds is 5. The van der Waals surface area contributed by atoms with E-state index in [4.69, 9.17) is 9.97 Å². The van der Waals surface area contributed by atoms with Crippen LogP contribution in [0.5, 0.6) is 0 Å². The number of nitrogens with zero attached hydrogens (tertiary/aromatic N) is 4. The van der Waals surface area contributed by atoms with Crippen molar-refractivity contribution in [2.45, 2.75) is 27.7 Å². The number of aryl methyl sites for hydroxylation is 2. The molecule has 0 N–H and O–H groups in total. The van der Waals surface area contributed by atoms with Gasteiger partial charge in [0.1, 0.15) is 0 Å². The summed E-state index contributed by atoms with van der Waals surface area (Å²) < 4.78 is 0. The highest BCUT2D eigenvalue weighted by Crippen LogP contribution is 2.38. The van der Waals surface area contributed by atoms with Crippen LogP contribution in [0.1, 0.15) is 22.3 Å². The number of pyridine rings is 4. The second-order valence-electron chi connectivity index (χ2n) is 13.6. The highest BCUT2D eigenvalue weighted by atomic mass is 14.8. The Balaban J connectivity index is 1.13. The van der Waals surface area contributed by atoms with Gasteiger partial charge in [0.05, 0.1) is 33.8 Å². The first-order valence-corrected chi connectivity index (χ1v) is 17.7. The fourth-order valence-electron chi connectivity index (χ4n) is 7.50. The Morgan fingerprint density at radius 1 is 0.365 bits per heavy atom. The molecule has 0 bridgehead atoms. The molecule has 4 nitrogen and oxygen atoms in total. The summed E-state index contributed by atoms with van der Waals surface area (Å²) in [6.07, 6.45) is 3.65. The number of aromatic nitrogens is 4. The molecule has 0 unspecified atom stereocenters. The van der Waals surface area contributed by atoms with E-state index in [-0.39, 0.29) is 0 Å². The van der Waals surface area contributed by atoms with Crippen LogP contribution in [0.3, 0.4) is 0 Å². The summed E-state index contributed by atoms with van der Waals surface area (Å²) in [5, 5.41) is 4.71. The lowest BCUT2D eigenvalue weighted by atomic mass is 9.92. The van der Waals surface area contributed by atoms with Crippen molar-refractivity contribution in [2.75, 3.05) is 0 Å². The van der Waals surface area contributed by atoms with Crippen LogP contribution in [0.25, 0.3) is 88.7 Å². The van der Waals surface area contributed by atoms with Crippen LogP contribution in [0.4, 0.5) is 0 Å². The highest BCUT2D eigenvalue weighted by molar-refractivity contribution is 6.08. The van der Waals surface area contributed by atoms with E-state index in [0.717, 1.165) is 78.0 Å². The molecule has 0 aliphatic carbocycles. The van der Waals surface area contributed by atoms with E-state index in [1.807, 2.05) is 30.5 Å². The maximum Gasteiger partial charge on any atom is 0.0975 e. The zero-order valence-corrected chi connectivity index (χ0v) is 29.6. The Morgan fingerprint density at radius 2 is 0.962 bits per heavy atom. The molecule has 0 saturated heterocycles. The van der Waals surface area contributed by atoms with Crippen LogP contribution in [0.15, 0.2) is 146 Å². The summed E-state index contributed by atoms with van der Waals surface area (Å²) in [5.74, 6) is 0. The Kier molecular flexibility index (Phi) is 7.66. The van der Waals surface area contributed by atoms with Crippen molar-refractivity contribution in [3.05, 3.63) is 168 Å². The molecule has 0 aliphatic heterocycles. The van der Waals surface area contributed by atoms with Gasteiger partial charge < -0.3 is 0 Å². The van der Waals surface area contributed by atoms with E-state index in [1.165, 1.54) is 33.0 Å². The minimum Gasteiger partial charge on any atom is -0.255 e. The average molecular weight is 669 g/mol. The summed E-state index contributed by atoms with van der Waals surface area (Å²) in [6.45, 7) is 8.80. The standard InChI is InChI=1S/C48H36N4/c1-29-31(3)45(38-14-9-13-36(27-38)33-18-20-34(21-19-33)37-24-26-50-44(28-37)43-17-7-8-25-49-43)51-47-39(29)22-23-40-30(2)32(4)46(52-48(40)47)42-16-10-12-35-11-5-6-15-41(35)42/h5-28H,1-4H3. The van der Waals surface area contributed by atoms with E-state index in [0.29, 0.717) is 0 Å². The molecule has 0 saturated carbocycles. The van der Waals surface area contributed by atoms with Crippen molar-refractivity contribution in [3.8, 4) is 56.2 Å². The van der Waals surface area contributed by atoms with E-state index in [2.05, 4.69) is 147 Å². The van der Waals surface area contributed by atoms with Gasteiger partial charge in [-0.15, -0.1) is 0 Å². The highest BCUT2D eigenvalue weighted by Gasteiger charge is 2.19. The first-order chi connectivity index (χ1) is 25.4. The monoisotopic (exact) mass is 668 g/mol. The predicted octanol–water partition coefficient (Wildman–Crippen LogP) is 12.3. The van der Waals surface area contributed by atoms with Crippen LogP contribution in [-0.2, 0) is 0 Å². The minimum atomic E-state index is 0.862. The van der Waals surface area contributed by atoms with E-state index < -0.39 is 0 Å². The van der Waals surface area contributed by atoms with E-state index in [1.54, 1.807) is 6.20 Å². The zero-order chi connectivity index (χ0) is 35.3. The van der Waals surface area contributed by atoms with Crippen molar-refractivity contribution < 1.29 is 0 Å². The normalized spacial score (nSPS) is 11.5. The molecule has 0 radical (unpaired) electrons. The quantitative estimate of drug-likeness (QED) is 0.171. The molecule has 5 aromatic carbocycles. The summed E-state index contributed by atoms with van der Waals surface area (Å²) in [6, 6.07) is 47.0. The van der Waals surface area contributed by atoms with Crippen molar-refractivity contribution in [2.24, 2.45) is 0 Å². The SMILES string of the molecule is Cc1c(-c2cccc(-c3ccc(-c4ccnc(-c5ccccn5)c4)cc3)c2)nc2c(ccc3c(C)c(C)c(-c4cccc5ccccc45)nc32)c1C. The maximum absolute atomic E-state index is 5.45. The van der Waals surface area contributed by atoms with E-state index >= 15 is 0 Å². The van der Waals surface area contributed by atoms with Crippen LogP contribution < -0.4 is 0 Å². The molecule has 0 aliphatic rings. The summed E-state index contributed by atoms with van der Waals surface area (Å²) in [7, 11) is 0. The van der Waals surface area contributed by atoms with Gasteiger partial charge in [-0.25, -0.2) is 9.97 Å². The van der Waals surface area contributed by atoms with Crippen LogP contribution in [-0.4, -0.2) is 19.9 Å². The Bertz CT molecular complexity index is 2820. The topological polar surface area (TPSA) is 51.6 Å². The summed E-state index contributed by atoms with van der Waals surface area (Å²) in [4.78, 5) is 19.9. The lowest BCUT2D eigenvalue weighted by molar-refractivity contribution is 1.25. The van der Waals surface area contributed by atoms with Gasteiger partial charge in [-0.05, 0) is 113 Å². The third-order valence-electron chi connectivity index (χ3n) is 10.7. The zero-order valence-electron chi connectivity index (χ0n) is 29.6. The van der Waals surface area contributed by atoms with E-state index in [9.17, 15) is 0 Å². The fourth-order valence-corrected chi connectivity index (χ4v) is 7.50. The molecular formula is C48H36N4. The number of fused-ring (bicyclic) bond motifs is 4. The van der Waals surface area contributed by atoms with Gasteiger partial charge in [0.2, 0.25) is 0 Å². The van der Waals surface area contributed by atoms with Crippen molar-refractivity contribution in [3.63, 3.8) is 0 Å². The molecule has 0 atom stereocenters. The summed E-state index contributed by atoms with van der Waals surface area (Å²) in [5.41, 5.74) is 17.2. The Labute approximate surface area is 303 Å². The molecule has 4 heterocycles. The number of hydrogen-bond donors (Lipinski definition) is 0. The van der Waals surface area contributed by atoms with Gasteiger partial charge in [0, 0.05) is 34.3 Å². The predicted molar refractivity (Wildman–Crippen MR) is 216 cm³/mol. The van der Waals surface area contributed by atoms with Gasteiger partial charge in [0.25, 0.3) is 0 Å². The molecular weight excluding hydrogens is 633 g/mol. The lowest BCUT2D eigenvalue weighted by Gasteiger charge is -2.17. The Morgan fingerprint density at radius 3 is 1.69 bits per heavy atom. The van der Waals surface area contributed by atoms with Crippen molar-refractivity contribution in [1.82, 2.24) is 19.9 Å². The molecule has 9 rings (SSSR count). The molecule has 0 fully saturated rings. The molecule has 248 valence electrons. The van der Waals surface area contributed by atoms with Crippen LogP contribution >= 0.6 is 0 Å². The number of benzene rings is 5. The second kappa shape index (κ2) is 12.7. The molecule has 9 aromatic rings. The largest absolute Gasteiger partial charge is 0.255 e. The van der Waals surface area contributed by atoms with Crippen molar-refractivity contribution in [1.29, 1.82) is 0 Å². The Hall–Kier alpha value is -6.52. The molecule has 0 amide bonds. The first-order valence-electron chi connectivity index (χ1n) is 17.7. The number of hydrogen-bond acceptors (Lipinski definition) is 4. The van der Waals surface area contributed by atoms with Crippen LogP contribution in [0, 0.1) is 27.7 Å². The molecule has 0 spiro atoms. The molecule has 52 heavy (non-hydrogen) atoms. The third-order valence-corrected chi connectivity index (χ3v) is 10.7. The average Bonchev–Trinajstić information content (AvgIpc) is 3.20. The fraction of sp³-hybridized carbons (Fsp3) is 0.0833. The molecule has 4 aromatic heterocycles. The van der Waals surface area contributed by atoms with Gasteiger partial charge in [-0.1, -0.05) is 103 Å². The molecule has 4 heteroatoms. The second-order valence-corrected chi connectivity index (χ2v) is 13.6.